The van der Waals surface area contributed by atoms with Gasteiger partial charge in [-0.05, 0) is 23.9 Å². The Hall–Kier alpha value is -2.87. The molecule has 0 unspecified atom stereocenters. The number of hydrogen-bond donors (Lipinski definition) is 2. The van der Waals surface area contributed by atoms with Crippen LogP contribution in [0.15, 0.2) is 52.9 Å². The number of hydrazone groups is 1. The van der Waals surface area contributed by atoms with Crippen LogP contribution < -0.4 is 10.7 Å². The van der Waals surface area contributed by atoms with Crippen molar-refractivity contribution >= 4 is 29.2 Å². The van der Waals surface area contributed by atoms with Crippen molar-refractivity contribution in [2.75, 3.05) is 13.2 Å². The minimum Gasteiger partial charge on any atom is -0.479 e. The van der Waals surface area contributed by atoms with Gasteiger partial charge in [-0.25, -0.2) is 10.2 Å². The topological polar surface area (TPSA) is 89.0 Å². The predicted molar refractivity (Wildman–Crippen MR) is 95.5 cm³/mol. The lowest BCUT2D eigenvalue weighted by molar-refractivity contribution is 0.0957. The highest BCUT2D eigenvalue weighted by atomic mass is 32.1. The van der Waals surface area contributed by atoms with E-state index in [4.69, 9.17) is 9.47 Å². The molecule has 2 rings (SSSR count). The van der Waals surface area contributed by atoms with Crippen molar-refractivity contribution in [3.05, 3.63) is 58.3 Å². The van der Waals surface area contributed by atoms with Crippen molar-refractivity contribution in [2.45, 2.75) is 13.5 Å². The summed E-state index contributed by atoms with van der Waals surface area (Å²) >= 11 is 1.31. The molecule has 0 spiro atoms. The molecule has 0 atom stereocenters. The number of ether oxygens (including phenoxy) is 2. The molecule has 2 N–H and O–H groups in total. The van der Waals surface area contributed by atoms with E-state index < -0.39 is 6.09 Å². The lowest BCUT2D eigenvalue weighted by Crippen LogP contribution is -2.33. The fourth-order valence-electron chi connectivity index (χ4n) is 1.79. The monoisotopic (exact) mass is 361 g/mol. The van der Waals surface area contributed by atoms with Crippen LogP contribution >= 0.6 is 11.3 Å². The summed E-state index contributed by atoms with van der Waals surface area (Å²) in [7, 11) is 0. The van der Waals surface area contributed by atoms with E-state index in [-0.39, 0.29) is 25.0 Å². The van der Waals surface area contributed by atoms with Crippen LogP contribution in [0.3, 0.4) is 0 Å². The van der Waals surface area contributed by atoms with E-state index in [1.54, 1.807) is 24.4 Å². The smallest absolute Gasteiger partial charge is 0.407 e. The van der Waals surface area contributed by atoms with Gasteiger partial charge in [-0.2, -0.15) is 0 Å². The number of rotatable bonds is 7. The minimum absolute atomic E-state index is 0.00613. The number of nitrogens with one attached hydrogen (secondary N) is 2. The fraction of sp³-hybridized carbons (Fsp3) is 0.235. The molecule has 1 aromatic carbocycles. The first-order valence-electron chi connectivity index (χ1n) is 7.66. The Labute approximate surface area is 149 Å². The second kappa shape index (κ2) is 10.1. The zero-order chi connectivity index (χ0) is 17.9. The molecular formula is C17H19N3O4S. The van der Waals surface area contributed by atoms with Gasteiger partial charge in [-0.1, -0.05) is 36.4 Å². The molecule has 0 saturated carbocycles. The molecule has 0 aliphatic heterocycles. The minimum atomic E-state index is -0.596. The Morgan fingerprint density at radius 1 is 1.12 bits per heavy atom. The van der Waals surface area contributed by atoms with Crippen molar-refractivity contribution in [3.63, 3.8) is 0 Å². The van der Waals surface area contributed by atoms with Gasteiger partial charge in [0.05, 0.1) is 18.0 Å². The van der Waals surface area contributed by atoms with E-state index in [1.807, 2.05) is 30.3 Å². The summed E-state index contributed by atoms with van der Waals surface area (Å²) in [4.78, 5) is 24.1. The van der Waals surface area contributed by atoms with Gasteiger partial charge >= 0.3 is 6.09 Å². The Morgan fingerprint density at radius 3 is 2.60 bits per heavy atom. The van der Waals surface area contributed by atoms with Gasteiger partial charge in [0.2, 0.25) is 5.90 Å². The van der Waals surface area contributed by atoms with Crippen LogP contribution in [0.25, 0.3) is 0 Å². The number of carbonyl (C=O) groups excluding carboxylic acids is 2. The maximum atomic E-state index is 11.8. The molecule has 0 bridgehead atoms. The van der Waals surface area contributed by atoms with Gasteiger partial charge in [-0.3, -0.25) is 4.79 Å². The van der Waals surface area contributed by atoms with Gasteiger partial charge < -0.3 is 14.8 Å². The lowest BCUT2D eigenvalue weighted by Gasteiger charge is -2.10. The second-order valence-electron chi connectivity index (χ2n) is 4.77. The summed E-state index contributed by atoms with van der Waals surface area (Å²) in [6.45, 7) is 2.31. The highest BCUT2D eigenvalue weighted by Crippen LogP contribution is 2.07. The third kappa shape index (κ3) is 6.64. The Morgan fingerprint density at radius 2 is 1.92 bits per heavy atom. The third-order valence-electron chi connectivity index (χ3n) is 2.93. The zero-order valence-corrected chi connectivity index (χ0v) is 14.5. The van der Waals surface area contributed by atoms with Crippen molar-refractivity contribution < 1.29 is 19.1 Å². The van der Waals surface area contributed by atoms with Crippen molar-refractivity contribution in [2.24, 2.45) is 5.10 Å². The third-order valence-corrected chi connectivity index (χ3v) is 3.80. The number of alkyl carbamates (subject to hydrolysis) is 1. The van der Waals surface area contributed by atoms with Crippen molar-refractivity contribution in [1.29, 1.82) is 0 Å². The van der Waals surface area contributed by atoms with Gasteiger partial charge in [0.25, 0.3) is 5.91 Å². The normalized spacial score (nSPS) is 10.8. The number of benzene rings is 1. The number of carbonyl (C=O) groups is 2. The first kappa shape index (κ1) is 18.5. The van der Waals surface area contributed by atoms with Gasteiger partial charge in [0.1, 0.15) is 6.61 Å². The number of amides is 2. The molecule has 2 amide bonds. The van der Waals surface area contributed by atoms with Crippen LogP contribution in [0.5, 0.6) is 0 Å². The highest BCUT2D eigenvalue weighted by Gasteiger charge is 2.09. The van der Waals surface area contributed by atoms with E-state index in [9.17, 15) is 9.59 Å². The molecule has 0 radical (unpaired) electrons. The largest absolute Gasteiger partial charge is 0.479 e. The van der Waals surface area contributed by atoms with Gasteiger partial charge in [0, 0.05) is 0 Å². The SMILES string of the molecule is CCO/C(CNC(=O)OCc1ccccc1)=N\NC(=O)c1cccs1. The van der Waals surface area contributed by atoms with Crippen LogP contribution in [-0.4, -0.2) is 31.0 Å². The summed E-state index contributed by atoms with van der Waals surface area (Å²) in [6, 6.07) is 12.8. The lowest BCUT2D eigenvalue weighted by atomic mass is 10.2. The van der Waals surface area contributed by atoms with Crippen LogP contribution in [0, 0.1) is 0 Å². The van der Waals surface area contributed by atoms with E-state index in [0.29, 0.717) is 11.5 Å². The molecule has 25 heavy (non-hydrogen) atoms. The van der Waals surface area contributed by atoms with Crippen molar-refractivity contribution in [1.82, 2.24) is 10.7 Å². The average molecular weight is 361 g/mol. The maximum absolute atomic E-state index is 11.8. The summed E-state index contributed by atoms with van der Waals surface area (Å²) in [5.41, 5.74) is 3.28. The molecular weight excluding hydrogens is 342 g/mol. The molecule has 0 fully saturated rings. The Balaban J connectivity index is 1.78. The van der Waals surface area contributed by atoms with Crippen LogP contribution in [0.4, 0.5) is 4.79 Å². The van der Waals surface area contributed by atoms with Crippen LogP contribution in [0.2, 0.25) is 0 Å². The molecule has 0 aliphatic rings. The van der Waals surface area contributed by atoms with E-state index in [0.717, 1.165) is 5.56 Å². The summed E-state index contributed by atoms with van der Waals surface area (Å²) < 4.78 is 10.4. The van der Waals surface area contributed by atoms with E-state index in [1.165, 1.54) is 11.3 Å². The molecule has 0 aliphatic carbocycles. The molecule has 132 valence electrons. The molecule has 7 nitrogen and oxygen atoms in total. The predicted octanol–water partition coefficient (Wildman–Crippen LogP) is 2.75. The highest BCUT2D eigenvalue weighted by molar-refractivity contribution is 7.12. The van der Waals surface area contributed by atoms with Gasteiger partial charge in [-0.15, -0.1) is 16.4 Å². The Kier molecular flexibility index (Phi) is 7.45. The average Bonchev–Trinajstić information content (AvgIpc) is 3.17. The van der Waals surface area contributed by atoms with E-state index >= 15 is 0 Å². The first-order chi connectivity index (χ1) is 12.2. The molecule has 1 aromatic heterocycles. The molecule has 8 heteroatoms. The number of thiophene rings is 1. The summed E-state index contributed by atoms with van der Waals surface area (Å²) in [5.74, 6) is -0.150. The van der Waals surface area contributed by atoms with Crippen LogP contribution in [-0.2, 0) is 16.1 Å². The Bertz CT molecular complexity index is 702. The maximum Gasteiger partial charge on any atom is 0.407 e. The number of nitrogens with zero attached hydrogens (tertiary/aromatic N) is 1. The van der Waals surface area contributed by atoms with Gasteiger partial charge in [0.15, 0.2) is 0 Å². The summed E-state index contributed by atoms with van der Waals surface area (Å²) in [6.07, 6.45) is -0.596. The van der Waals surface area contributed by atoms with Crippen molar-refractivity contribution in [3.8, 4) is 0 Å². The van der Waals surface area contributed by atoms with Crippen LogP contribution in [0.1, 0.15) is 22.2 Å². The first-order valence-corrected chi connectivity index (χ1v) is 8.54. The zero-order valence-electron chi connectivity index (χ0n) is 13.7. The molecule has 1 heterocycles. The standard InChI is InChI=1S/C17H19N3O4S/c1-2-23-15(19-20-16(21)14-9-6-10-25-14)11-18-17(22)24-12-13-7-4-3-5-8-13/h3-10H,2,11-12H2,1H3,(H,18,22)(H,20,21)/b19-15-. The quantitative estimate of drug-likeness (QED) is 0.451. The fourth-order valence-corrected chi connectivity index (χ4v) is 2.40. The van der Waals surface area contributed by atoms with E-state index in [2.05, 4.69) is 15.8 Å². The summed E-state index contributed by atoms with van der Waals surface area (Å²) in [5, 5.41) is 8.22. The molecule has 0 saturated heterocycles. The number of hydrogen-bond acceptors (Lipinski definition) is 6. The second-order valence-corrected chi connectivity index (χ2v) is 5.72. The molecule has 2 aromatic rings.